The summed E-state index contributed by atoms with van der Waals surface area (Å²) in [5, 5.41) is 17.2. The molecule has 1 saturated heterocycles. The average molecular weight is 200 g/mol. The van der Waals surface area contributed by atoms with Crippen LogP contribution in [-0.2, 0) is 4.79 Å². The number of nitrogens with zero attached hydrogens (tertiary/aromatic N) is 1. The van der Waals surface area contributed by atoms with Crippen molar-refractivity contribution in [1.29, 1.82) is 0 Å². The molecule has 2 unspecified atom stereocenters. The molecule has 1 rings (SSSR count). The van der Waals surface area contributed by atoms with Gasteiger partial charge >= 0.3 is 0 Å². The molecule has 0 radical (unpaired) electrons. The highest BCUT2D eigenvalue weighted by atomic mass is 16.4. The van der Waals surface area contributed by atoms with Gasteiger partial charge in [-0.1, -0.05) is 5.16 Å². The zero-order valence-corrected chi connectivity index (χ0v) is 8.16. The van der Waals surface area contributed by atoms with Crippen molar-refractivity contribution in [2.24, 2.45) is 10.9 Å². The number of hydrogen-bond donors (Lipinski definition) is 4. The lowest BCUT2D eigenvalue weighted by atomic mass is 10.1. The summed E-state index contributed by atoms with van der Waals surface area (Å²) in [5.41, 5.74) is 5.35. The zero-order chi connectivity index (χ0) is 10.6. The van der Waals surface area contributed by atoms with Gasteiger partial charge in [-0.2, -0.15) is 0 Å². The highest BCUT2D eigenvalue weighted by Gasteiger charge is 2.22. The van der Waals surface area contributed by atoms with Crippen molar-refractivity contribution in [3.05, 3.63) is 0 Å². The van der Waals surface area contributed by atoms with Crippen LogP contribution in [0.4, 0.5) is 0 Å². The third-order valence-corrected chi connectivity index (χ3v) is 2.14. The van der Waals surface area contributed by atoms with E-state index < -0.39 is 0 Å². The average Bonchev–Trinajstić information content (AvgIpc) is 2.50. The molecule has 2 atom stereocenters. The van der Waals surface area contributed by atoms with Crippen LogP contribution in [0.3, 0.4) is 0 Å². The van der Waals surface area contributed by atoms with Crippen LogP contribution in [0, 0.1) is 0 Å². The molecule has 1 amide bonds. The molecule has 0 aromatic carbocycles. The van der Waals surface area contributed by atoms with Crippen LogP contribution < -0.4 is 16.4 Å². The van der Waals surface area contributed by atoms with E-state index in [4.69, 9.17) is 10.9 Å². The quantitative estimate of drug-likeness (QED) is 0.202. The second kappa shape index (κ2) is 4.80. The normalized spacial score (nSPS) is 24.8. The number of nitrogens with one attached hydrogen (secondary N) is 2. The minimum atomic E-state index is 0.0681. The molecule has 0 aromatic heterocycles. The van der Waals surface area contributed by atoms with Gasteiger partial charge < -0.3 is 21.6 Å². The summed E-state index contributed by atoms with van der Waals surface area (Å²) in [7, 11) is 0. The summed E-state index contributed by atoms with van der Waals surface area (Å²) in [6, 6.07) is 0.257. The Morgan fingerprint density at radius 3 is 3.14 bits per heavy atom. The van der Waals surface area contributed by atoms with E-state index in [1.165, 1.54) is 0 Å². The van der Waals surface area contributed by atoms with E-state index in [-0.39, 0.29) is 23.8 Å². The van der Waals surface area contributed by atoms with E-state index >= 15 is 0 Å². The van der Waals surface area contributed by atoms with Crippen LogP contribution in [0.2, 0.25) is 0 Å². The first kappa shape index (κ1) is 10.8. The van der Waals surface area contributed by atoms with Crippen LogP contribution >= 0.6 is 0 Å². The van der Waals surface area contributed by atoms with Crippen molar-refractivity contribution in [2.45, 2.75) is 31.8 Å². The van der Waals surface area contributed by atoms with Crippen molar-refractivity contribution in [3.63, 3.8) is 0 Å². The largest absolute Gasteiger partial charge is 0.409 e. The summed E-state index contributed by atoms with van der Waals surface area (Å²) >= 11 is 0. The number of nitrogens with two attached hydrogens (primary N) is 1. The van der Waals surface area contributed by atoms with Gasteiger partial charge in [-0.3, -0.25) is 4.79 Å². The maximum absolute atomic E-state index is 10.9. The SMILES string of the molecule is CC(CC(N)=NO)NC1CNC(=O)C1. The Kier molecular flexibility index (Phi) is 3.70. The molecule has 0 saturated carbocycles. The predicted molar refractivity (Wildman–Crippen MR) is 52.0 cm³/mol. The standard InChI is InChI=1S/C8H16N4O2/c1-5(2-7(9)12-14)11-6-3-8(13)10-4-6/h5-6,11,14H,2-4H2,1H3,(H2,9,12)(H,10,13). The number of carbonyl (C=O) groups is 1. The fourth-order valence-electron chi connectivity index (χ4n) is 1.54. The second-order valence-electron chi connectivity index (χ2n) is 3.57. The van der Waals surface area contributed by atoms with Gasteiger partial charge in [-0.15, -0.1) is 0 Å². The van der Waals surface area contributed by atoms with Crippen LogP contribution in [0.5, 0.6) is 0 Å². The lowest BCUT2D eigenvalue weighted by Gasteiger charge is -2.17. The summed E-state index contributed by atoms with van der Waals surface area (Å²) in [4.78, 5) is 10.9. The van der Waals surface area contributed by atoms with Crippen LogP contribution in [-0.4, -0.2) is 35.6 Å². The number of hydrogen-bond acceptors (Lipinski definition) is 4. The third kappa shape index (κ3) is 3.21. The van der Waals surface area contributed by atoms with Crippen molar-refractivity contribution in [2.75, 3.05) is 6.54 Å². The molecule has 14 heavy (non-hydrogen) atoms. The van der Waals surface area contributed by atoms with E-state index in [0.717, 1.165) is 0 Å². The molecule has 5 N–H and O–H groups in total. The molecular formula is C8H16N4O2. The van der Waals surface area contributed by atoms with Gasteiger partial charge in [-0.05, 0) is 6.92 Å². The zero-order valence-electron chi connectivity index (χ0n) is 8.16. The van der Waals surface area contributed by atoms with Gasteiger partial charge in [0, 0.05) is 31.5 Å². The van der Waals surface area contributed by atoms with Gasteiger partial charge in [0.1, 0.15) is 5.84 Å². The number of oxime groups is 1. The topological polar surface area (TPSA) is 99.7 Å². The Morgan fingerprint density at radius 1 is 1.93 bits per heavy atom. The minimum Gasteiger partial charge on any atom is -0.409 e. The van der Waals surface area contributed by atoms with Crippen LogP contribution in [0.1, 0.15) is 19.8 Å². The van der Waals surface area contributed by atoms with Crippen molar-refractivity contribution in [1.82, 2.24) is 10.6 Å². The van der Waals surface area contributed by atoms with Crippen molar-refractivity contribution >= 4 is 11.7 Å². The fourth-order valence-corrected chi connectivity index (χ4v) is 1.54. The van der Waals surface area contributed by atoms with E-state index in [2.05, 4.69) is 15.8 Å². The molecule has 0 spiro atoms. The molecule has 1 aliphatic rings. The van der Waals surface area contributed by atoms with E-state index in [1.807, 2.05) is 6.92 Å². The second-order valence-corrected chi connectivity index (χ2v) is 3.57. The summed E-state index contributed by atoms with van der Waals surface area (Å²) in [5.74, 6) is 0.265. The lowest BCUT2D eigenvalue weighted by Crippen LogP contribution is -2.40. The molecular weight excluding hydrogens is 184 g/mol. The first-order valence-electron chi connectivity index (χ1n) is 4.61. The van der Waals surface area contributed by atoms with Gasteiger partial charge in [-0.25, -0.2) is 0 Å². The Hall–Kier alpha value is -1.30. The van der Waals surface area contributed by atoms with Gasteiger partial charge in [0.05, 0.1) is 0 Å². The Morgan fingerprint density at radius 2 is 2.64 bits per heavy atom. The molecule has 0 bridgehead atoms. The number of carbonyl (C=O) groups excluding carboxylic acids is 1. The van der Waals surface area contributed by atoms with Crippen LogP contribution in [0.25, 0.3) is 0 Å². The van der Waals surface area contributed by atoms with Crippen molar-refractivity contribution < 1.29 is 10.0 Å². The monoisotopic (exact) mass is 200 g/mol. The highest BCUT2D eigenvalue weighted by Crippen LogP contribution is 2.02. The molecule has 0 aromatic rings. The Bertz CT molecular complexity index is 241. The van der Waals surface area contributed by atoms with Gasteiger partial charge in [0.2, 0.25) is 5.91 Å². The molecule has 6 nitrogen and oxygen atoms in total. The highest BCUT2D eigenvalue weighted by molar-refractivity contribution is 5.80. The van der Waals surface area contributed by atoms with Gasteiger partial charge in [0.25, 0.3) is 0 Å². The molecule has 0 aliphatic carbocycles. The summed E-state index contributed by atoms with van der Waals surface area (Å²) in [6.07, 6.45) is 0.974. The predicted octanol–water partition coefficient (Wildman–Crippen LogP) is -1.01. The first-order chi connectivity index (χ1) is 6.61. The number of amidine groups is 1. The van der Waals surface area contributed by atoms with E-state index in [1.54, 1.807) is 0 Å². The third-order valence-electron chi connectivity index (χ3n) is 2.14. The van der Waals surface area contributed by atoms with Crippen molar-refractivity contribution in [3.8, 4) is 0 Å². The minimum absolute atomic E-state index is 0.0681. The smallest absolute Gasteiger partial charge is 0.221 e. The lowest BCUT2D eigenvalue weighted by molar-refractivity contribution is -0.119. The molecule has 1 heterocycles. The molecule has 80 valence electrons. The number of amides is 1. The van der Waals surface area contributed by atoms with Crippen LogP contribution in [0.15, 0.2) is 5.16 Å². The maximum atomic E-state index is 10.9. The molecule has 1 fully saturated rings. The number of rotatable bonds is 4. The Balaban J connectivity index is 2.26. The Labute approximate surface area is 82.5 Å². The van der Waals surface area contributed by atoms with E-state index in [9.17, 15) is 4.79 Å². The van der Waals surface area contributed by atoms with E-state index in [0.29, 0.717) is 19.4 Å². The fraction of sp³-hybridized carbons (Fsp3) is 0.750. The summed E-state index contributed by atoms with van der Waals surface area (Å²) in [6.45, 7) is 2.58. The maximum Gasteiger partial charge on any atom is 0.221 e. The van der Waals surface area contributed by atoms with Gasteiger partial charge in [0.15, 0.2) is 0 Å². The first-order valence-corrected chi connectivity index (χ1v) is 4.61. The molecule has 1 aliphatic heterocycles. The summed E-state index contributed by atoms with van der Waals surface area (Å²) < 4.78 is 0. The molecule has 6 heteroatoms.